The van der Waals surface area contributed by atoms with Gasteiger partial charge in [0.05, 0.1) is 12.6 Å². The maximum atomic E-state index is 12.4. The molecule has 0 aromatic carbocycles. The molecular weight excluding hydrogens is 202 g/mol. The largest absolute Gasteiger partial charge is 0.394 e. The SMILES string of the molecule is CC1(C)CCCC1C(=O)N1CCCC1CO. The zero-order valence-electron chi connectivity index (χ0n) is 10.4. The second kappa shape index (κ2) is 4.36. The summed E-state index contributed by atoms with van der Waals surface area (Å²) in [7, 11) is 0. The molecule has 0 radical (unpaired) electrons. The summed E-state index contributed by atoms with van der Waals surface area (Å²) in [5.41, 5.74) is 0.152. The van der Waals surface area contributed by atoms with Crippen LogP contribution in [0, 0.1) is 11.3 Å². The number of aliphatic hydroxyl groups excluding tert-OH is 1. The molecule has 0 bridgehead atoms. The molecule has 2 atom stereocenters. The average molecular weight is 225 g/mol. The van der Waals surface area contributed by atoms with Gasteiger partial charge in [0.2, 0.25) is 5.91 Å². The molecule has 0 aromatic rings. The standard InChI is InChI=1S/C13H23NO2/c1-13(2)7-3-6-11(13)12(16)14-8-4-5-10(14)9-15/h10-11,15H,3-9H2,1-2H3. The summed E-state index contributed by atoms with van der Waals surface area (Å²) < 4.78 is 0. The van der Waals surface area contributed by atoms with E-state index in [1.54, 1.807) is 0 Å². The van der Waals surface area contributed by atoms with Gasteiger partial charge in [-0.15, -0.1) is 0 Å². The summed E-state index contributed by atoms with van der Waals surface area (Å²) >= 11 is 0. The van der Waals surface area contributed by atoms with E-state index in [0.717, 1.165) is 32.2 Å². The van der Waals surface area contributed by atoms with Crippen LogP contribution in [0.2, 0.25) is 0 Å². The summed E-state index contributed by atoms with van der Waals surface area (Å²) in [5.74, 6) is 0.471. The molecule has 3 nitrogen and oxygen atoms in total. The van der Waals surface area contributed by atoms with Crippen LogP contribution in [-0.2, 0) is 4.79 Å². The molecule has 1 amide bonds. The van der Waals surface area contributed by atoms with Gasteiger partial charge in [-0.1, -0.05) is 20.3 Å². The van der Waals surface area contributed by atoms with Crippen molar-refractivity contribution in [2.75, 3.05) is 13.2 Å². The molecule has 0 aromatic heterocycles. The van der Waals surface area contributed by atoms with E-state index >= 15 is 0 Å². The van der Waals surface area contributed by atoms with Crippen LogP contribution in [0.4, 0.5) is 0 Å². The van der Waals surface area contributed by atoms with Crippen LogP contribution in [0.15, 0.2) is 0 Å². The van der Waals surface area contributed by atoms with Crippen molar-refractivity contribution >= 4 is 5.91 Å². The van der Waals surface area contributed by atoms with Gasteiger partial charge in [-0.25, -0.2) is 0 Å². The number of nitrogens with zero attached hydrogens (tertiary/aromatic N) is 1. The van der Waals surface area contributed by atoms with Crippen molar-refractivity contribution in [3.63, 3.8) is 0 Å². The Hall–Kier alpha value is -0.570. The van der Waals surface area contributed by atoms with Gasteiger partial charge in [0.15, 0.2) is 0 Å². The van der Waals surface area contributed by atoms with Crippen LogP contribution in [0.25, 0.3) is 0 Å². The number of carbonyl (C=O) groups is 1. The minimum atomic E-state index is 0.0869. The topological polar surface area (TPSA) is 40.5 Å². The highest BCUT2D eigenvalue weighted by atomic mass is 16.3. The predicted molar refractivity (Wildman–Crippen MR) is 62.9 cm³/mol. The van der Waals surface area contributed by atoms with Gasteiger partial charge in [-0.05, 0) is 31.1 Å². The van der Waals surface area contributed by atoms with Gasteiger partial charge in [0.25, 0.3) is 0 Å². The number of hydrogen-bond donors (Lipinski definition) is 1. The van der Waals surface area contributed by atoms with E-state index in [9.17, 15) is 9.90 Å². The minimum Gasteiger partial charge on any atom is -0.394 e. The lowest BCUT2D eigenvalue weighted by Gasteiger charge is -2.32. The Morgan fingerprint density at radius 3 is 2.69 bits per heavy atom. The molecule has 1 aliphatic carbocycles. The van der Waals surface area contributed by atoms with E-state index in [-0.39, 0.29) is 24.0 Å². The van der Waals surface area contributed by atoms with Gasteiger partial charge in [-0.3, -0.25) is 4.79 Å². The zero-order valence-corrected chi connectivity index (χ0v) is 10.4. The molecule has 2 fully saturated rings. The number of likely N-dealkylation sites (tertiary alicyclic amines) is 1. The van der Waals surface area contributed by atoms with E-state index in [1.165, 1.54) is 6.42 Å². The number of carbonyl (C=O) groups excluding carboxylic acids is 1. The predicted octanol–water partition coefficient (Wildman–Crippen LogP) is 1.80. The Kier molecular flexibility index (Phi) is 3.24. The summed E-state index contributed by atoms with van der Waals surface area (Å²) in [4.78, 5) is 14.4. The lowest BCUT2D eigenvalue weighted by molar-refractivity contribution is -0.139. The van der Waals surface area contributed by atoms with Crippen LogP contribution in [-0.4, -0.2) is 35.1 Å². The van der Waals surface area contributed by atoms with Crippen LogP contribution >= 0.6 is 0 Å². The lowest BCUT2D eigenvalue weighted by Crippen LogP contribution is -2.43. The molecule has 1 saturated heterocycles. The van der Waals surface area contributed by atoms with E-state index in [4.69, 9.17) is 0 Å². The average Bonchev–Trinajstić information content (AvgIpc) is 2.82. The molecule has 2 unspecified atom stereocenters. The fourth-order valence-corrected chi connectivity index (χ4v) is 3.30. The highest BCUT2D eigenvalue weighted by Gasteiger charge is 2.43. The van der Waals surface area contributed by atoms with Crippen molar-refractivity contribution in [2.24, 2.45) is 11.3 Å². The number of amides is 1. The first kappa shape index (κ1) is 11.9. The van der Waals surface area contributed by atoms with Gasteiger partial charge in [0, 0.05) is 12.5 Å². The Morgan fingerprint density at radius 2 is 2.12 bits per heavy atom. The second-order valence-electron chi connectivity index (χ2n) is 5.94. The monoisotopic (exact) mass is 225 g/mol. The Balaban J connectivity index is 2.07. The zero-order chi connectivity index (χ0) is 11.8. The van der Waals surface area contributed by atoms with Crippen molar-refractivity contribution in [1.82, 2.24) is 4.90 Å². The number of aliphatic hydroxyl groups is 1. The molecule has 1 N–H and O–H groups in total. The van der Waals surface area contributed by atoms with Crippen LogP contribution in [0.3, 0.4) is 0 Å². The third kappa shape index (κ3) is 1.97. The molecule has 3 heteroatoms. The van der Waals surface area contributed by atoms with Crippen molar-refractivity contribution < 1.29 is 9.90 Å². The normalized spacial score (nSPS) is 33.3. The second-order valence-corrected chi connectivity index (χ2v) is 5.94. The van der Waals surface area contributed by atoms with Crippen LogP contribution in [0.5, 0.6) is 0 Å². The molecule has 92 valence electrons. The number of hydrogen-bond acceptors (Lipinski definition) is 2. The first-order valence-electron chi connectivity index (χ1n) is 6.47. The minimum absolute atomic E-state index is 0.0869. The molecule has 1 heterocycles. The van der Waals surface area contributed by atoms with Crippen molar-refractivity contribution in [3.8, 4) is 0 Å². The molecule has 1 saturated carbocycles. The summed E-state index contributed by atoms with van der Waals surface area (Å²) in [6.45, 7) is 5.37. The van der Waals surface area contributed by atoms with E-state index in [2.05, 4.69) is 13.8 Å². The van der Waals surface area contributed by atoms with Crippen LogP contribution in [0.1, 0.15) is 46.0 Å². The number of rotatable bonds is 2. The molecule has 1 aliphatic heterocycles. The van der Waals surface area contributed by atoms with E-state index in [0.29, 0.717) is 5.91 Å². The summed E-state index contributed by atoms with van der Waals surface area (Å²) in [6.07, 6.45) is 5.36. The van der Waals surface area contributed by atoms with Gasteiger partial charge in [0.1, 0.15) is 0 Å². The first-order valence-corrected chi connectivity index (χ1v) is 6.47. The van der Waals surface area contributed by atoms with Crippen molar-refractivity contribution in [1.29, 1.82) is 0 Å². The molecule has 2 rings (SSSR count). The van der Waals surface area contributed by atoms with Crippen molar-refractivity contribution in [3.05, 3.63) is 0 Å². The summed E-state index contributed by atoms with van der Waals surface area (Å²) in [6, 6.07) is 0.0869. The Labute approximate surface area is 97.8 Å². The fourth-order valence-electron chi connectivity index (χ4n) is 3.30. The van der Waals surface area contributed by atoms with E-state index < -0.39 is 0 Å². The van der Waals surface area contributed by atoms with Crippen LogP contribution < -0.4 is 0 Å². The smallest absolute Gasteiger partial charge is 0.226 e. The van der Waals surface area contributed by atoms with E-state index in [1.807, 2.05) is 4.90 Å². The molecule has 2 aliphatic rings. The fraction of sp³-hybridized carbons (Fsp3) is 0.923. The maximum absolute atomic E-state index is 12.4. The third-order valence-electron chi connectivity index (χ3n) is 4.43. The quantitative estimate of drug-likeness (QED) is 0.778. The summed E-state index contributed by atoms with van der Waals surface area (Å²) in [5, 5.41) is 9.26. The Morgan fingerprint density at radius 1 is 1.38 bits per heavy atom. The van der Waals surface area contributed by atoms with Gasteiger partial charge < -0.3 is 10.0 Å². The van der Waals surface area contributed by atoms with Crippen molar-refractivity contribution in [2.45, 2.75) is 52.0 Å². The maximum Gasteiger partial charge on any atom is 0.226 e. The van der Waals surface area contributed by atoms with Gasteiger partial charge >= 0.3 is 0 Å². The molecule has 16 heavy (non-hydrogen) atoms. The Bertz CT molecular complexity index is 275. The highest BCUT2D eigenvalue weighted by Crippen LogP contribution is 2.44. The molecular formula is C13H23NO2. The lowest BCUT2D eigenvalue weighted by atomic mass is 9.81. The highest BCUT2D eigenvalue weighted by molar-refractivity contribution is 5.80. The van der Waals surface area contributed by atoms with Gasteiger partial charge in [-0.2, -0.15) is 0 Å². The molecule has 0 spiro atoms. The third-order valence-corrected chi connectivity index (χ3v) is 4.43. The first-order chi connectivity index (χ1) is 7.56.